The predicted octanol–water partition coefficient (Wildman–Crippen LogP) is 5.42. The minimum absolute atomic E-state index is 0.0516. The van der Waals surface area contributed by atoms with Crippen LogP contribution >= 0.6 is 27.3 Å². The summed E-state index contributed by atoms with van der Waals surface area (Å²) in [6.45, 7) is 6.59. The minimum atomic E-state index is -0.332. The number of piperidine rings is 1. The largest absolute Gasteiger partial charge is 0.497 e. The summed E-state index contributed by atoms with van der Waals surface area (Å²) in [7, 11) is 3.54. The van der Waals surface area contributed by atoms with Gasteiger partial charge >= 0.3 is 0 Å². The molecule has 1 aliphatic heterocycles. The third-order valence-electron chi connectivity index (χ3n) is 7.43. The van der Waals surface area contributed by atoms with E-state index < -0.39 is 0 Å². The molecule has 1 aliphatic carbocycles. The van der Waals surface area contributed by atoms with E-state index in [9.17, 15) is 4.79 Å². The van der Waals surface area contributed by atoms with Gasteiger partial charge in [-0.15, -0.1) is 17.9 Å². The Hall–Kier alpha value is -1.93. The number of methoxy groups -OCH3 is 2. The number of thiophene rings is 1. The van der Waals surface area contributed by atoms with Gasteiger partial charge in [0, 0.05) is 52.5 Å². The van der Waals surface area contributed by atoms with E-state index in [0.717, 1.165) is 60.4 Å². The maximum absolute atomic E-state index is 12.8. The fourth-order valence-corrected chi connectivity index (χ4v) is 7.13. The highest BCUT2D eigenvalue weighted by molar-refractivity contribution is 9.10. The molecule has 1 aromatic heterocycles. The van der Waals surface area contributed by atoms with Crippen LogP contribution in [0.25, 0.3) is 6.08 Å². The van der Waals surface area contributed by atoms with Crippen molar-refractivity contribution in [2.24, 2.45) is 0 Å². The Morgan fingerprint density at radius 3 is 2.91 bits per heavy atom. The summed E-state index contributed by atoms with van der Waals surface area (Å²) in [5.41, 5.74) is 0.679. The first-order chi connectivity index (χ1) is 16.4. The SMILES string of the molecule is C=CCN1CC[C@@]2(c3cccc(OC)c3)C[C@H](NC(=O)/C=C/c3cc(Br)cs3)CC[C@]2(OC)C1. The van der Waals surface area contributed by atoms with Crippen LogP contribution in [0.1, 0.15) is 36.1 Å². The van der Waals surface area contributed by atoms with Gasteiger partial charge in [0.1, 0.15) is 5.75 Å². The van der Waals surface area contributed by atoms with Gasteiger partial charge in [0.05, 0.1) is 12.7 Å². The summed E-state index contributed by atoms with van der Waals surface area (Å²) in [6.07, 6.45) is 9.02. The van der Waals surface area contributed by atoms with E-state index >= 15 is 0 Å². The average Bonchev–Trinajstić information content (AvgIpc) is 3.28. The van der Waals surface area contributed by atoms with Gasteiger partial charge in [-0.25, -0.2) is 0 Å². The number of amides is 1. The topological polar surface area (TPSA) is 50.8 Å². The summed E-state index contributed by atoms with van der Waals surface area (Å²) < 4.78 is 13.0. The van der Waals surface area contributed by atoms with Crippen molar-refractivity contribution in [2.45, 2.75) is 42.7 Å². The van der Waals surface area contributed by atoms with Gasteiger partial charge in [0.2, 0.25) is 5.91 Å². The van der Waals surface area contributed by atoms with Gasteiger partial charge in [-0.2, -0.15) is 0 Å². The Kier molecular flexibility index (Phi) is 7.97. The molecule has 1 amide bonds. The number of likely N-dealkylation sites (tertiary alicyclic amines) is 1. The van der Waals surface area contributed by atoms with E-state index in [1.165, 1.54) is 5.56 Å². The van der Waals surface area contributed by atoms with Gasteiger partial charge < -0.3 is 14.8 Å². The lowest BCUT2D eigenvalue weighted by Crippen LogP contribution is -2.67. The maximum Gasteiger partial charge on any atom is 0.244 e. The summed E-state index contributed by atoms with van der Waals surface area (Å²) in [6, 6.07) is 10.5. The van der Waals surface area contributed by atoms with Crippen LogP contribution in [0.4, 0.5) is 0 Å². The monoisotopic (exact) mass is 544 g/mol. The molecule has 1 saturated carbocycles. The van der Waals surface area contributed by atoms with Crippen LogP contribution in [0.5, 0.6) is 5.75 Å². The Labute approximate surface area is 215 Å². The van der Waals surface area contributed by atoms with E-state index in [2.05, 4.69) is 50.9 Å². The standard InChI is InChI=1S/C27H33BrN2O3S/c1-4-13-30-14-12-26(20-6-5-7-23(15-20)32-2)17-22(10-11-27(26,19-30)33-3)29-25(31)9-8-24-16-21(28)18-34-24/h4-9,15-16,18,22H,1,10-14,17,19H2,2-3H3,(H,29,31)/b9-8+/t22-,26+,27+/m1/s1. The third-order valence-corrected chi connectivity index (χ3v) is 9.09. The summed E-state index contributed by atoms with van der Waals surface area (Å²) in [5, 5.41) is 5.29. The lowest BCUT2D eigenvalue weighted by Gasteiger charge is -2.59. The quantitative estimate of drug-likeness (QED) is 0.356. The molecule has 3 atom stereocenters. The lowest BCUT2D eigenvalue weighted by molar-refractivity contribution is -0.148. The van der Waals surface area contributed by atoms with E-state index in [1.54, 1.807) is 24.5 Å². The van der Waals surface area contributed by atoms with Crippen LogP contribution in [0.2, 0.25) is 0 Å². The fraction of sp³-hybridized carbons (Fsp3) is 0.444. The molecular formula is C27H33BrN2O3S. The summed E-state index contributed by atoms with van der Waals surface area (Å²) >= 11 is 5.07. The first-order valence-electron chi connectivity index (χ1n) is 11.7. The number of halogens is 1. The zero-order valence-electron chi connectivity index (χ0n) is 19.9. The Morgan fingerprint density at radius 1 is 1.35 bits per heavy atom. The number of hydrogen-bond acceptors (Lipinski definition) is 5. The molecule has 5 nitrogen and oxygen atoms in total. The number of fused-ring (bicyclic) bond motifs is 1. The van der Waals surface area contributed by atoms with E-state index in [4.69, 9.17) is 9.47 Å². The average molecular weight is 546 g/mol. The second-order valence-corrected chi connectivity index (χ2v) is 11.1. The van der Waals surface area contributed by atoms with Crippen LogP contribution in [-0.2, 0) is 14.9 Å². The molecule has 4 rings (SSSR count). The molecule has 1 aromatic carbocycles. The molecule has 0 spiro atoms. The molecule has 0 bridgehead atoms. The number of carbonyl (C=O) groups is 1. The number of benzene rings is 1. The minimum Gasteiger partial charge on any atom is -0.497 e. The zero-order valence-corrected chi connectivity index (χ0v) is 22.3. The molecule has 0 unspecified atom stereocenters. The fourth-order valence-electron chi connectivity index (χ4n) is 5.80. The Morgan fingerprint density at radius 2 is 2.21 bits per heavy atom. The molecular weight excluding hydrogens is 512 g/mol. The molecule has 7 heteroatoms. The predicted molar refractivity (Wildman–Crippen MR) is 143 cm³/mol. The molecule has 2 fully saturated rings. The number of hydrogen-bond donors (Lipinski definition) is 1. The highest BCUT2D eigenvalue weighted by Gasteiger charge is 2.58. The van der Waals surface area contributed by atoms with Crippen LogP contribution in [-0.4, -0.2) is 56.3 Å². The van der Waals surface area contributed by atoms with Gasteiger partial charge in [-0.05, 0) is 78.0 Å². The number of nitrogens with one attached hydrogen (secondary N) is 1. The lowest BCUT2D eigenvalue weighted by atomic mass is 9.55. The van der Waals surface area contributed by atoms with Gasteiger partial charge in [-0.3, -0.25) is 9.69 Å². The van der Waals surface area contributed by atoms with Gasteiger partial charge in [-0.1, -0.05) is 18.2 Å². The number of rotatable bonds is 8. The molecule has 2 aliphatic rings. The molecule has 2 aromatic rings. The van der Waals surface area contributed by atoms with Crippen molar-refractivity contribution in [3.05, 3.63) is 69.4 Å². The first-order valence-corrected chi connectivity index (χ1v) is 13.4. The van der Waals surface area contributed by atoms with Crippen molar-refractivity contribution in [1.29, 1.82) is 0 Å². The highest BCUT2D eigenvalue weighted by atomic mass is 79.9. The highest BCUT2D eigenvalue weighted by Crippen LogP contribution is 2.53. The van der Waals surface area contributed by atoms with Crippen molar-refractivity contribution in [3.63, 3.8) is 0 Å². The first kappa shape index (κ1) is 25.2. The molecule has 2 heterocycles. The maximum atomic E-state index is 12.8. The zero-order chi connectivity index (χ0) is 24.2. The summed E-state index contributed by atoms with van der Waals surface area (Å²) in [5.74, 6) is 0.797. The van der Waals surface area contributed by atoms with Crippen LogP contribution in [0.15, 0.2) is 58.9 Å². The second-order valence-electron chi connectivity index (χ2n) is 9.24. The van der Waals surface area contributed by atoms with Crippen molar-refractivity contribution in [2.75, 3.05) is 33.9 Å². The molecule has 1 saturated heterocycles. The van der Waals surface area contributed by atoms with Crippen molar-refractivity contribution in [1.82, 2.24) is 10.2 Å². The number of ether oxygens (including phenoxy) is 2. The van der Waals surface area contributed by atoms with Crippen molar-refractivity contribution >= 4 is 39.2 Å². The van der Waals surface area contributed by atoms with Gasteiger partial charge in [0.25, 0.3) is 0 Å². The molecule has 34 heavy (non-hydrogen) atoms. The second kappa shape index (κ2) is 10.8. The van der Waals surface area contributed by atoms with E-state index in [-0.39, 0.29) is 23.0 Å². The van der Waals surface area contributed by atoms with Crippen molar-refractivity contribution in [3.8, 4) is 5.75 Å². The van der Waals surface area contributed by atoms with Crippen LogP contribution in [0.3, 0.4) is 0 Å². The van der Waals surface area contributed by atoms with Crippen LogP contribution in [0, 0.1) is 0 Å². The number of nitrogens with zero attached hydrogens (tertiary/aromatic N) is 1. The van der Waals surface area contributed by atoms with Crippen molar-refractivity contribution < 1.29 is 14.3 Å². The molecule has 0 radical (unpaired) electrons. The van der Waals surface area contributed by atoms with Gasteiger partial charge in [0.15, 0.2) is 0 Å². The van der Waals surface area contributed by atoms with E-state index in [1.807, 2.05) is 36.8 Å². The normalized spacial score (nSPS) is 27.3. The Bertz CT molecular complexity index is 1050. The third kappa shape index (κ3) is 5.03. The molecule has 1 N–H and O–H groups in total. The Balaban J connectivity index is 1.60. The van der Waals surface area contributed by atoms with E-state index in [0.29, 0.717) is 0 Å². The smallest absolute Gasteiger partial charge is 0.244 e. The summed E-state index contributed by atoms with van der Waals surface area (Å²) in [4.78, 5) is 16.3. The number of carbonyl (C=O) groups excluding carboxylic acids is 1. The van der Waals surface area contributed by atoms with Crippen LogP contribution < -0.4 is 10.1 Å². The molecule has 182 valence electrons.